The molecule has 156 valence electrons. The standard InChI is InChI=1S/C27H38N2/c1-4-6-7-8-22-13-17-25(18-14-22)27-28-19-26(20-29-27)24-15-11-23(12-16-24)10-9-21(3)5-2/h11-12,15-16,19-20,22,25H,3-10,13-14,17-18H2,1-2H3. The average Bonchev–Trinajstić information content (AvgIpc) is 2.78. The van der Waals surface area contributed by atoms with Gasteiger partial charge in [-0.25, -0.2) is 9.97 Å². The quantitative estimate of drug-likeness (QED) is 0.304. The van der Waals surface area contributed by atoms with Crippen molar-refractivity contribution in [2.45, 2.75) is 90.4 Å². The Morgan fingerprint density at radius 3 is 2.24 bits per heavy atom. The number of aromatic nitrogens is 2. The topological polar surface area (TPSA) is 25.8 Å². The van der Waals surface area contributed by atoms with Crippen LogP contribution in [0.1, 0.15) is 95.4 Å². The van der Waals surface area contributed by atoms with Crippen molar-refractivity contribution in [3.8, 4) is 11.1 Å². The van der Waals surface area contributed by atoms with Crippen molar-refractivity contribution in [2.24, 2.45) is 5.92 Å². The van der Waals surface area contributed by atoms with Crippen LogP contribution in [0.3, 0.4) is 0 Å². The molecule has 0 unspecified atom stereocenters. The van der Waals surface area contributed by atoms with E-state index in [1.54, 1.807) is 0 Å². The smallest absolute Gasteiger partial charge is 0.131 e. The minimum Gasteiger partial charge on any atom is -0.240 e. The lowest BCUT2D eigenvalue weighted by Crippen LogP contribution is -2.15. The first-order valence-electron chi connectivity index (χ1n) is 11.8. The summed E-state index contributed by atoms with van der Waals surface area (Å²) in [4.78, 5) is 9.50. The summed E-state index contributed by atoms with van der Waals surface area (Å²) in [6, 6.07) is 8.85. The van der Waals surface area contributed by atoms with E-state index in [4.69, 9.17) is 9.97 Å². The monoisotopic (exact) mass is 390 g/mol. The van der Waals surface area contributed by atoms with Crippen molar-refractivity contribution in [1.29, 1.82) is 0 Å². The van der Waals surface area contributed by atoms with Crippen LogP contribution in [0.2, 0.25) is 0 Å². The van der Waals surface area contributed by atoms with E-state index in [2.05, 4.69) is 44.7 Å². The van der Waals surface area contributed by atoms with Crippen LogP contribution >= 0.6 is 0 Å². The molecule has 0 amide bonds. The normalized spacial score (nSPS) is 19.2. The van der Waals surface area contributed by atoms with E-state index in [0.717, 1.165) is 36.6 Å². The molecular weight excluding hydrogens is 352 g/mol. The van der Waals surface area contributed by atoms with E-state index in [1.165, 1.54) is 68.1 Å². The second-order valence-corrected chi connectivity index (χ2v) is 8.84. The zero-order valence-electron chi connectivity index (χ0n) is 18.5. The fraction of sp³-hybridized carbons (Fsp3) is 0.556. The Kier molecular flexibility index (Phi) is 8.46. The zero-order chi connectivity index (χ0) is 20.5. The lowest BCUT2D eigenvalue weighted by Gasteiger charge is -2.27. The molecule has 0 radical (unpaired) electrons. The van der Waals surface area contributed by atoms with Crippen LogP contribution < -0.4 is 0 Å². The van der Waals surface area contributed by atoms with Gasteiger partial charge in [0.25, 0.3) is 0 Å². The largest absolute Gasteiger partial charge is 0.240 e. The summed E-state index contributed by atoms with van der Waals surface area (Å²) in [5.41, 5.74) is 5.02. The van der Waals surface area contributed by atoms with Crippen molar-refractivity contribution in [3.05, 3.63) is 60.2 Å². The molecule has 2 heteroatoms. The van der Waals surface area contributed by atoms with Crippen LogP contribution in [0.5, 0.6) is 0 Å². The number of hydrogen-bond donors (Lipinski definition) is 0. The van der Waals surface area contributed by atoms with E-state index >= 15 is 0 Å². The third-order valence-electron chi connectivity index (χ3n) is 6.65. The SMILES string of the molecule is C=C(CC)CCc1ccc(-c2cnc(C3CCC(CCCCC)CC3)nc2)cc1. The number of aryl methyl sites for hydroxylation is 1. The van der Waals surface area contributed by atoms with Gasteiger partial charge in [0.1, 0.15) is 5.82 Å². The van der Waals surface area contributed by atoms with Gasteiger partial charge in [-0.15, -0.1) is 0 Å². The van der Waals surface area contributed by atoms with Crippen molar-refractivity contribution >= 4 is 0 Å². The van der Waals surface area contributed by atoms with Crippen LogP contribution in [0.15, 0.2) is 48.8 Å². The highest BCUT2D eigenvalue weighted by Gasteiger charge is 2.23. The number of rotatable bonds is 10. The Morgan fingerprint density at radius 2 is 1.62 bits per heavy atom. The highest BCUT2D eigenvalue weighted by Crippen LogP contribution is 2.36. The maximum Gasteiger partial charge on any atom is 0.131 e. The molecule has 0 saturated heterocycles. The van der Waals surface area contributed by atoms with Gasteiger partial charge in [-0.3, -0.25) is 0 Å². The predicted molar refractivity (Wildman–Crippen MR) is 124 cm³/mol. The lowest BCUT2D eigenvalue weighted by atomic mass is 9.79. The molecule has 1 aliphatic carbocycles. The summed E-state index contributed by atoms with van der Waals surface area (Å²) in [5, 5.41) is 0. The van der Waals surface area contributed by atoms with Crippen molar-refractivity contribution in [2.75, 3.05) is 0 Å². The van der Waals surface area contributed by atoms with E-state index in [9.17, 15) is 0 Å². The van der Waals surface area contributed by atoms with E-state index in [1.807, 2.05) is 12.4 Å². The summed E-state index contributed by atoms with van der Waals surface area (Å²) >= 11 is 0. The van der Waals surface area contributed by atoms with Crippen LogP contribution in [0.4, 0.5) is 0 Å². The first kappa shape index (κ1) is 21.7. The molecule has 2 aromatic rings. The highest BCUT2D eigenvalue weighted by atomic mass is 14.9. The van der Waals surface area contributed by atoms with Crippen LogP contribution in [0, 0.1) is 5.92 Å². The van der Waals surface area contributed by atoms with Crippen LogP contribution in [-0.2, 0) is 6.42 Å². The molecule has 0 aliphatic heterocycles. The van der Waals surface area contributed by atoms with E-state index in [0.29, 0.717) is 5.92 Å². The highest BCUT2D eigenvalue weighted by molar-refractivity contribution is 5.61. The molecule has 0 bridgehead atoms. The van der Waals surface area contributed by atoms with Crippen molar-refractivity contribution in [1.82, 2.24) is 9.97 Å². The average molecular weight is 391 g/mol. The van der Waals surface area contributed by atoms with Gasteiger partial charge in [0.2, 0.25) is 0 Å². The summed E-state index contributed by atoms with van der Waals surface area (Å²) in [6.07, 6.45) is 18.0. The number of allylic oxidation sites excluding steroid dienone is 1. The third kappa shape index (κ3) is 6.52. The fourth-order valence-corrected chi connectivity index (χ4v) is 4.45. The second-order valence-electron chi connectivity index (χ2n) is 8.84. The lowest BCUT2D eigenvalue weighted by molar-refractivity contribution is 0.297. The van der Waals surface area contributed by atoms with E-state index < -0.39 is 0 Å². The minimum atomic E-state index is 0.556. The molecular formula is C27H38N2. The van der Waals surface area contributed by atoms with Gasteiger partial charge < -0.3 is 0 Å². The Hall–Kier alpha value is -1.96. The van der Waals surface area contributed by atoms with Gasteiger partial charge in [-0.2, -0.15) is 0 Å². The summed E-state index contributed by atoms with van der Waals surface area (Å²) < 4.78 is 0. The summed E-state index contributed by atoms with van der Waals surface area (Å²) in [7, 11) is 0. The Labute approximate surface area is 177 Å². The maximum absolute atomic E-state index is 4.75. The predicted octanol–water partition coefficient (Wildman–Crippen LogP) is 7.90. The number of benzene rings is 1. The third-order valence-corrected chi connectivity index (χ3v) is 6.65. The Bertz CT molecular complexity index is 737. The number of nitrogens with zero attached hydrogens (tertiary/aromatic N) is 2. The van der Waals surface area contributed by atoms with Crippen LogP contribution in [0.25, 0.3) is 11.1 Å². The summed E-state index contributed by atoms with van der Waals surface area (Å²) in [6.45, 7) is 8.57. The molecule has 0 atom stereocenters. The molecule has 1 fully saturated rings. The van der Waals surface area contributed by atoms with Gasteiger partial charge in [0.15, 0.2) is 0 Å². The first-order chi connectivity index (χ1) is 14.2. The minimum absolute atomic E-state index is 0.556. The second kappa shape index (κ2) is 11.3. The molecule has 0 N–H and O–H groups in total. The number of unbranched alkanes of at least 4 members (excludes halogenated alkanes) is 2. The summed E-state index contributed by atoms with van der Waals surface area (Å²) in [5.74, 6) is 2.54. The molecule has 3 rings (SSSR count). The van der Waals surface area contributed by atoms with Gasteiger partial charge in [-0.1, -0.05) is 75.9 Å². The van der Waals surface area contributed by atoms with Crippen molar-refractivity contribution < 1.29 is 0 Å². The van der Waals surface area contributed by atoms with Gasteiger partial charge in [0, 0.05) is 23.9 Å². The molecule has 1 saturated carbocycles. The van der Waals surface area contributed by atoms with Gasteiger partial charge in [0.05, 0.1) is 0 Å². The molecule has 1 aromatic heterocycles. The number of hydrogen-bond acceptors (Lipinski definition) is 2. The Balaban J connectivity index is 1.52. The Morgan fingerprint density at radius 1 is 0.931 bits per heavy atom. The molecule has 1 aromatic carbocycles. The van der Waals surface area contributed by atoms with Gasteiger partial charge >= 0.3 is 0 Å². The van der Waals surface area contributed by atoms with Gasteiger partial charge in [-0.05, 0) is 62.0 Å². The molecule has 1 heterocycles. The molecule has 2 nitrogen and oxygen atoms in total. The van der Waals surface area contributed by atoms with E-state index in [-0.39, 0.29) is 0 Å². The fourth-order valence-electron chi connectivity index (χ4n) is 4.45. The first-order valence-corrected chi connectivity index (χ1v) is 11.8. The zero-order valence-corrected chi connectivity index (χ0v) is 18.5. The maximum atomic E-state index is 4.75. The molecule has 1 aliphatic rings. The molecule has 29 heavy (non-hydrogen) atoms. The molecule has 0 spiro atoms. The van der Waals surface area contributed by atoms with Crippen LogP contribution in [-0.4, -0.2) is 9.97 Å². The van der Waals surface area contributed by atoms with Crippen molar-refractivity contribution in [3.63, 3.8) is 0 Å².